The summed E-state index contributed by atoms with van der Waals surface area (Å²) in [6.45, 7) is 26.2. The first kappa shape index (κ1) is 81.9. The van der Waals surface area contributed by atoms with Gasteiger partial charge in [-0.3, -0.25) is 24.4 Å². The summed E-state index contributed by atoms with van der Waals surface area (Å²) in [7, 11) is -5.69. The molecule has 2 aromatic heterocycles. The van der Waals surface area contributed by atoms with Gasteiger partial charge in [0.1, 0.15) is 29.5 Å². The lowest BCUT2D eigenvalue weighted by atomic mass is 10.1. The number of hydrogen-bond acceptors (Lipinski definition) is 21. The van der Waals surface area contributed by atoms with Crippen LogP contribution in [-0.4, -0.2) is 188 Å². The van der Waals surface area contributed by atoms with Crippen LogP contribution in [0.2, 0.25) is 0 Å². The summed E-state index contributed by atoms with van der Waals surface area (Å²) >= 11 is 5.02. The highest BCUT2D eigenvalue weighted by Gasteiger charge is 2.37. The number of benzene rings is 4. The molecule has 0 bridgehead atoms. The molecule has 526 valence electrons. The molecule has 4 aliphatic heterocycles. The van der Waals surface area contributed by atoms with Crippen molar-refractivity contribution in [1.29, 1.82) is 0 Å². The lowest BCUT2D eigenvalue weighted by molar-refractivity contribution is -0.155. The van der Waals surface area contributed by atoms with E-state index in [9.17, 15) is 50.4 Å². The third-order valence-electron chi connectivity index (χ3n) is 13.3. The first-order valence-corrected chi connectivity index (χ1v) is 35.0. The zero-order valence-electron chi connectivity index (χ0n) is 56.8. The van der Waals surface area contributed by atoms with E-state index in [1.807, 2.05) is 72.7 Å². The van der Waals surface area contributed by atoms with Crippen LogP contribution < -0.4 is 11.1 Å². The number of aromatic nitrogens is 2. The highest BCUT2D eigenvalue weighted by molar-refractivity contribution is 7.91. The number of pyridine rings is 2. The smallest absolute Gasteiger partial charge is 0.410 e. The van der Waals surface area contributed by atoms with Crippen molar-refractivity contribution in [2.45, 2.75) is 153 Å². The summed E-state index contributed by atoms with van der Waals surface area (Å²) in [5.74, 6) is -1.97. The van der Waals surface area contributed by atoms with Gasteiger partial charge >= 0.3 is 35.5 Å². The summed E-state index contributed by atoms with van der Waals surface area (Å²) in [5, 5.41) is 22.3. The summed E-state index contributed by atoms with van der Waals surface area (Å²) < 4.78 is 76.3. The Balaban J connectivity index is 0.000000326. The van der Waals surface area contributed by atoms with Gasteiger partial charge in [0, 0.05) is 66.3 Å². The Labute approximate surface area is 567 Å². The fraction of sp³-hybridized carbons (Fsp3) is 0.456. The number of carbonyl (C=O) groups excluding carboxylic acids is 6. The molecule has 0 spiro atoms. The molecule has 0 unspecified atom stereocenters. The zero-order valence-corrected chi connectivity index (χ0v) is 59.2. The van der Waals surface area contributed by atoms with Gasteiger partial charge in [-0.25, -0.2) is 36.0 Å². The van der Waals surface area contributed by atoms with Gasteiger partial charge in [0.05, 0.1) is 83.3 Å². The number of hydrogen-bond donors (Lipinski definition) is 4. The number of β-amino-alcohol motifs (C(OH)–C–C–N with tert-alkyl or cyclic N) is 1. The number of nitrogens with one attached hydrogen (secondary N) is 1. The highest BCUT2D eigenvalue weighted by atomic mass is 35.5. The predicted octanol–water partition coefficient (Wildman–Crippen LogP) is 10.0. The summed E-state index contributed by atoms with van der Waals surface area (Å²) in [6.07, 6.45) is 2.42. The number of rotatable bonds is 13. The molecule has 0 aliphatic carbocycles. The Kier molecular flexibility index (Phi) is 33.3. The van der Waals surface area contributed by atoms with Crippen LogP contribution in [0.4, 0.5) is 14.4 Å². The third-order valence-corrected chi connectivity index (χ3v) is 16.8. The molecule has 6 heterocycles. The van der Waals surface area contributed by atoms with Gasteiger partial charge in [0.15, 0.2) is 19.7 Å². The largest absolute Gasteiger partial charge is 0.478 e. The van der Waals surface area contributed by atoms with Crippen LogP contribution in [0.1, 0.15) is 128 Å². The number of carboxylic acids is 1. The summed E-state index contributed by atoms with van der Waals surface area (Å²) in [4.78, 5) is 91.5. The molecular weight excluding hydrogens is 1300 g/mol. The number of para-hydroxylation sites is 2. The molecule has 0 atom stereocenters. The Morgan fingerprint density at radius 3 is 1.26 bits per heavy atom. The van der Waals surface area contributed by atoms with Crippen LogP contribution in [0.15, 0.2) is 131 Å². The van der Waals surface area contributed by atoms with Gasteiger partial charge in [-0.2, -0.15) is 0 Å². The first-order valence-electron chi connectivity index (χ1n) is 31.3. The van der Waals surface area contributed by atoms with Crippen molar-refractivity contribution in [3.05, 3.63) is 144 Å². The fourth-order valence-corrected chi connectivity index (χ4v) is 11.7. The van der Waals surface area contributed by atoms with Gasteiger partial charge in [-0.05, 0) is 108 Å². The second kappa shape index (κ2) is 39.0. The summed E-state index contributed by atoms with van der Waals surface area (Å²) in [6, 6.07) is 29.7. The molecule has 0 radical (unpaired) electrons. The van der Waals surface area contributed by atoms with Crippen molar-refractivity contribution in [2.24, 2.45) is 5.73 Å². The quantitative estimate of drug-likeness (QED) is 0.0474. The number of esters is 2. The Hall–Kier alpha value is -8.34. The van der Waals surface area contributed by atoms with E-state index in [1.165, 1.54) is 47.2 Å². The number of nitrogens with zero attached hydrogens (tertiary/aromatic N) is 5. The van der Waals surface area contributed by atoms with Crippen molar-refractivity contribution in [3.8, 4) is 0 Å². The maximum Gasteiger partial charge on any atom is 0.410 e. The third kappa shape index (κ3) is 26.7. The topological polar surface area (TPSA) is 348 Å². The Morgan fingerprint density at radius 1 is 0.542 bits per heavy atom. The first-order chi connectivity index (χ1) is 45.3. The number of aromatic carboxylic acids is 1. The molecule has 4 aromatic carbocycles. The van der Waals surface area contributed by atoms with Gasteiger partial charge in [0.2, 0.25) is 0 Å². The van der Waals surface area contributed by atoms with E-state index in [0.717, 1.165) is 23.9 Å². The van der Waals surface area contributed by atoms with Crippen LogP contribution in [0, 0.1) is 0 Å². The van der Waals surface area contributed by atoms with E-state index in [-0.39, 0.29) is 75.2 Å². The van der Waals surface area contributed by atoms with Crippen LogP contribution in [0.25, 0.3) is 21.8 Å². The van der Waals surface area contributed by atoms with Crippen LogP contribution >= 0.6 is 11.6 Å². The molecule has 96 heavy (non-hydrogen) atoms. The standard InChI is InChI=1S/C23H22N2O5S.C17H13NO4S.C9H14ClNO4.C8H15NO3.C6H11NO2.2C2H6.CH5N/c1-2-21(26)30-19-13-25(14-19)23(27)18-10-8-16(9-11-18)15-31(28,29)20-7-3-5-17-6-4-12-24-22(17)20;19-17(20)14-8-6-12(7-9-14)11-23(21,22)15-5-1-3-13-4-2-10-18-16(13)15;1-9(2,3)15-8(13)11-4-6(5-11)14-7(10)12;1-8(2,3)12-7(11)9-4-6(10)5-9;1-2-6(8)9-5-3-7-4-5;3*1-2/h3-12,19H,2,13-15H2,1H3;1-10H,11H2,(H,19,20);6H,4-5H2,1-3H3;6,10H,4-5H2,1-3H3;5,7H,2-4H2,1H3;2*1-2H3;2H2,1H3. The maximum atomic E-state index is 13.0. The summed E-state index contributed by atoms with van der Waals surface area (Å²) in [5.41, 5.74) is 5.30. The van der Waals surface area contributed by atoms with Crippen LogP contribution in [-0.2, 0) is 64.5 Å². The number of carbonyl (C=O) groups is 7. The average molecular weight is 1400 g/mol. The van der Waals surface area contributed by atoms with Crippen molar-refractivity contribution >= 4 is 94.5 Å². The molecule has 4 aliphatic rings. The van der Waals surface area contributed by atoms with Gasteiger partial charge < -0.3 is 59.6 Å². The number of nitrogens with two attached hydrogens (primary N) is 1. The van der Waals surface area contributed by atoms with E-state index in [2.05, 4.69) is 25.8 Å². The molecule has 0 saturated carbocycles. The van der Waals surface area contributed by atoms with E-state index < -0.39 is 48.4 Å². The highest BCUT2D eigenvalue weighted by Crippen LogP contribution is 2.27. The normalized spacial score (nSPS) is 14.3. The predicted molar refractivity (Wildman–Crippen MR) is 365 cm³/mol. The zero-order chi connectivity index (χ0) is 72.1. The van der Waals surface area contributed by atoms with Crippen molar-refractivity contribution < 1.29 is 84.3 Å². The molecule has 4 fully saturated rings. The second-order valence-corrected chi connectivity index (χ2v) is 27.3. The van der Waals surface area contributed by atoms with Gasteiger partial charge in [-0.1, -0.05) is 102 Å². The number of aliphatic hydroxyl groups is 1. The minimum Gasteiger partial charge on any atom is -0.478 e. The Bertz CT molecular complexity index is 3720. The molecule has 3 amide bonds. The van der Waals surface area contributed by atoms with E-state index in [1.54, 1.807) is 107 Å². The lowest BCUT2D eigenvalue weighted by Gasteiger charge is -2.38. The minimum atomic E-state index is -3.61. The van der Waals surface area contributed by atoms with Crippen molar-refractivity contribution in [1.82, 2.24) is 30.0 Å². The van der Waals surface area contributed by atoms with Gasteiger partial charge in [-0.15, -0.1) is 0 Å². The number of carboxylic acid groups (broad SMARTS) is 1. The number of ether oxygens (including phenoxy) is 5. The average Bonchev–Trinajstić information content (AvgIpc) is 0.800. The fourth-order valence-electron chi connectivity index (χ4n) is 8.53. The van der Waals surface area contributed by atoms with E-state index in [4.69, 9.17) is 40.8 Å². The van der Waals surface area contributed by atoms with Crippen LogP contribution in [0.3, 0.4) is 0 Å². The van der Waals surface area contributed by atoms with E-state index >= 15 is 0 Å². The second-order valence-electron chi connectivity index (χ2n) is 23.1. The number of likely N-dealkylation sites (tertiary alicyclic amines) is 3. The Morgan fingerprint density at radius 2 is 0.906 bits per heavy atom. The molecule has 25 nitrogen and oxygen atoms in total. The van der Waals surface area contributed by atoms with E-state index in [0.29, 0.717) is 79.8 Å². The monoisotopic (exact) mass is 1390 g/mol. The maximum absolute atomic E-state index is 13.0. The number of aliphatic hydroxyl groups excluding tert-OH is 1. The van der Waals surface area contributed by atoms with Crippen LogP contribution in [0.5, 0.6) is 0 Å². The molecule has 6 aromatic rings. The molecule has 28 heteroatoms. The number of sulfone groups is 2. The lowest BCUT2D eigenvalue weighted by Crippen LogP contribution is -2.56. The van der Waals surface area contributed by atoms with Crippen molar-refractivity contribution in [3.63, 3.8) is 0 Å². The number of fused-ring (bicyclic) bond motifs is 2. The molecule has 4 saturated heterocycles. The minimum absolute atomic E-state index is 0.0958. The number of amides is 3. The van der Waals surface area contributed by atoms with Crippen molar-refractivity contribution in [2.75, 3.05) is 59.4 Å². The molecule has 5 N–H and O–H groups in total. The SMILES string of the molecule is CC.CC.CC(C)(C)OC(=O)N1CC(O)C1.CC(C)(C)OC(=O)N1CC(OC(=O)Cl)C1.CCC(=O)OC1CN(C(=O)c2ccc(CS(=O)(=O)c3cccc4cccnc34)cc2)C1.CCC(=O)OC1CNC1.CN.O=C(O)c1ccc(CS(=O)(=O)c2cccc3cccnc23)cc1. The number of halogens is 1. The van der Waals surface area contributed by atoms with Gasteiger partial charge in [0.25, 0.3) is 5.91 Å². The molecular formula is C68H92ClN7O18S2. The molecule has 10 rings (SSSR count).